The Labute approximate surface area is 147 Å². The highest BCUT2D eigenvalue weighted by Crippen LogP contribution is 2.19. The van der Waals surface area contributed by atoms with Gasteiger partial charge in [-0.2, -0.15) is 0 Å². The van der Waals surface area contributed by atoms with Gasteiger partial charge in [-0.25, -0.2) is 4.79 Å². The summed E-state index contributed by atoms with van der Waals surface area (Å²) in [5, 5.41) is 2.11. The van der Waals surface area contributed by atoms with E-state index >= 15 is 0 Å². The van der Waals surface area contributed by atoms with Crippen molar-refractivity contribution in [3.8, 4) is 0 Å². The minimum absolute atomic E-state index is 0.291. The molecule has 0 radical (unpaired) electrons. The van der Waals surface area contributed by atoms with E-state index in [9.17, 15) is 4.79 Å². The van der Waals surface area contributed by atoms with Gasteiger partial charge in [0, 0.05) is 31.1 Å². The third kappa shape index (κ3) is 4.66. The second kappa shape index (κ2) is 8.42. The molecule has 0 saturated carbocycles. The predicted octanol–water partition coefficient (Wildman–Crippen LogP) is 3.72. The van der Waals surface area contributed by atoms with Gasteiger partial charge in [0.15, 0.2) is 0 Å². The van der Waals surface area contributed by atoms with Crippen molar-refractivity contribution in [2.75, 3.05) is 20.3 Å². The van der Waals surface area contributed by atoms with Crippen LogP contribution in [0.4, 0.5) is 0 Å². The molecule has 2 heterocycles. The first kappa shape index (κ1) is 17.1. The molecule has 2 aromatic rings. The van der Waals surface area contributed by atoms with E-state index in [0.717, 1.165) is 44.6 Å². The van der Waals surface area contributed by atoms with E-state index in [0.29, 0.717) is 11.7 Å². The highest BCUT2D eigenvalue weighted by atomic mass is 32.1. The zero-order valence-electron chi connectivity index (χ0n) is 13.9. The number of hydrogen-bond acceptors (Lipinski definition) is 5. The third-order valence-electron chi connectivity index (χ3n) is 4.20. The van der Waals surface area contributed by atoms with Crippen LogP contribution in [0.3, 0.4) is 0 Å². The summed E-state index contributed by atoms with van der Waals surface area (Å²) in [6, 6.07) is 11.9. The van der Waals surface area contributed by atoms with Crippen molar-refractivity contribution in [3.05, 3.63) is 57.8 Å². The quantitative estimate of drug-likeness (QED) is 0.717. The second-order valence-electron chi connectivity index (χ2n) is 6.08. The van der Waals surface area contributed by atoms with E-state index in [1.807, 2.05) is 12.1 Å². The molecular formula is C19H23NO3S. The number of methoxy groups -OCH3 is 1. The van der Waals surface area contributed by atoms with Crippen molar-refractivity contribution in [2.45, 2.75) is 32.0 Å². The Bertz CT molecular complexity index is 650. The number of hydrogen-bond donors (Lipinski definition) is 0. The number of carbonyl (C=O) groups excluding carboxylic acids is 1. The van der Waals surface area contributed by atoms with Gasteiger partial charge < -0.3 is 9.47 Å². The zero-order chi connectivity index (χ0) is 16.8. The molecule has 5 heteroatoms. The Balaban J connectivity index is 1.71. The lowest BCUT2D eigenvalue weighted by atomic mass is 10.1. The summed E-state index contributed by atoms with van der Waals surface area (Å²) in [6.07, 6.45) is 2.59. The van der Waals surface area contributed by atoms with Crippen molar-refractivity contribution in [3.63, 3.8) is 0 Å². The Morgan fingerprint density at radius 3 is 2.96 bits per heavy atom. The Kier molecular flexibility index (Phi) is 6.01. The van der Waals surface area contributed by atoms with Gasteiger partial charge in [-0.15, -0.1) is 11.3 Å². The van der Waals surface area contributed by atoms with Crippen LogP contribution in [0.5, 0.6) is 0 Å². The molecule has 1 unspecified atom stereocenters. The van der Waals surface area contributed by atoms with Crippen LogP contribution in [0, 0.1) is 0 Å². The second-order valence-corrected chi connectivity index (χ2v) is 7.11. The molecule has 4 nitrogen and oxygen atoms in total. The Morgan fingerprint density at radius 1 is 1.33 bits per heavy atom. The fraction of sp³-hybridized carbons (Fsp3) is 0.421. The fourth-order valence-corrected chi connectivity index (χ4v) is 3.80. The summed E-state index contributed by atoms with van der Waals surface area (Å²) >= 11 is 1.77. The van der Waals surface area contributed by atoms with E-state index in [4.69, 9.17) is 9.47 Å². The average Bonchev–Trinajstić information content (AvgIpc) is 3.28. The molecule has 1 aliphatic heterocycles. The highest BCUT2D eigenvalue weighted by molar-refractivity contribution is 7.09. The molecule has 0 N–H and O–H groups in total. The summed E-state index contributed by atoms with van der Waals surface area (Å²) < 4.78 is 10.6. The minimum Gasteiger partial charge on any atom is -0.465 e. The fourth-order valence-electron chi connectivity index (χ4n) is 3.06. The van der Waals surface area contributed by atoms with Crippen LogP contribution in [-0.4, -0.2) is 37.2 Å². The molecule has 1 aliphatic rings. The highest BCUT2D eigenvalue weighted by Gasteiger charge is 2.20. The number of nitrogens with zero attached hydrogens (tertiary/aromatic N) is 1. The van der Waals surface area contributed by atoms with Crippen molar-refractivity contribution < 1.29 is 14.3 Å². The SMILES string of the molecule is COC(=O)c1cccc(CN(Cc2cccs2)CC2CCCO2)c1. The average molecular weight is 345 g/mol. The number of thiophene rings is 1. The van der Waals surface area contributed by atoms with Gasteiger partial charge in [0.05, 0.1) is 18.8 Å². The normalized spacial score (nSPS) is 17.3. The molecule has 3 rings (SSSR count). The van der Waals surface area contributed by atoms with Gasteiger partial charge in [0.1, 0.15) is 0 Å². The van der Waals surface area contributed by atoms with E-state index in [2.05, 4.69) is 28.5 Å². The number of rotatable bonds is 7. The van der Waals surface area contributed by atoms with E-state index in [1.54, 1.807) is 17.4 Å². The minimum atomic E-state index is -0.291. The Morgan fingerprint density at radius 2 is 2.25 bits per heavy atom. The lowest BCUT2D eigenvalue weighted by Crippen LogP contribution is -2.31. The lowest BCUT2D eigenvalue weighted by molar-refractivity contribution is 0.0599. The molecule has 1 aromatic carbocycles. The maximum Gasteiger partial charge on any atom is 0.337 e. The lowest BCUT2D eigenvalue weighted by Gasteiger charge is -2.25. The monoisotopic (exact) mass is 345 g/mol. The van der Waals surface area contributed by atoms with Crippen LogP contribution in [-0.2, 0) is 22.6 Å². The first-order valence-electron chi connectivity index (χ1n) is 8.28. The summed E-state index contributed by atoms with van der Waals surface area (Å²) in [4.78, 5) is 15.5. The van der Waals surface area contributed by atoms with Gasteiger partial charge in [0.25, 0.3) is 0 Å². The molecule has 0 aliphatic carbocycles. The molecule has 0 spiro atoms. The molecule has 0 bridgehead atoms. The summed E-state index contributed by atoms with van der Waals surface area (Å²) in [7, 11) is 1.41. The third-order valence-corrected chi connectivity index (χ3v) is 5.06. The molecule has 24 heavy (non-hydrogen) atoms. The van der Waals surface area contributed by atoms with Crippen molar-refractivity contribution in [2.24, 2.45) is 0 Å². The van der Waals surface area contributed by atoms with E-state index in [-0.39, 0.29) is 5.97 Å². The molecule has 128 valence electrons. The topological polar surface area (TPSA) is 38.8 Å². The summed E-state index contributed by atoms with van der Waals surface area (Å²) in [5.41, 5.74) is 1.72. The van der Waals surface area contributed by atoms with Crippen molar-refractivity contribution in [1.29, 1.82) is 0 Å². The van der Waals surface area contributed by atoms with Crippen molar-refractivity contribution >= 4 is 17.3 Å². The van der Waals surface area contributed by atoms with Gasteiger partial charge in [-0.3, -0.25) is 4.90 Å². The Hall–Kier alpha value is -1.69. The van der Waals surface area contributed by atoms with E-state index < -0.39 is 0 Å². The maximum absolute atomic E-state index is 11.7. The smallest absolute Gasteiger partial charge is 0.337 e. The maximum atomic E-state index is 11.7. The van der Waals surface area contributed by atoms with Crippen LogP contribution in [0.25, 0.3) is 0 Å². The van der Waals surface area contributed by atoms with Gasteiger partial charge >= 0.3 is 5.97 Å². The van der Waals surface area contributed by atoms with Gasteiger partial charge in [-0.05, 0) is 42.0 Å². The van der Waals surface area contributed by atoms with Crippen molar-refractivity contribution in [1.82, 2.24) is 4.90 Å². The molecule has 1 atom stereocenters. The van der Waals surface area contributed by atoms with Gasteiger partial charge in [-0.1, -0.05) is 18.2 Å². The molecule has 1 aromatic heterocycles. The standard InChI is InChI=1S/C19H23NO3S/c1-22-19(21)16-6-2-5-15(11-16)12-20(13-17-7-3-9-23-17)14-18-8-4-10-24-18/h2,4-6,8,10-11,17H,3,7,9,12-14H2,1H3. The van der Waals surface area contributed by atoms with Crippen LogP contribution >= 0.6 is 11.3 Å². The van der Waals surface area contributed by atoms with Crippen LogP contribution < -0.4 is 0 Å². The number of ether oxygens (including phenoxy) is 2. The zero-order valence-corrected chi connectivity index (χ0v) is 14.8. The largest absolute Gasteiger partial charge is 0.465 e. The first-order valence-corrected chi connectivity index (χ1v) is 9.16. The summed E-state index contributed by atoms with van der Waals surface area (Å²) in [6.45, 7) is 3.48. The van der Waals surface area contributed by atoms with Crippen LogP contribution in [0.1, 0.15) is 33.6 Å². The van der Waals surface area contributed by atoms with Crippen LogP contribution in [0.15, 0.2) is 41.8 Å². The summed E-state index contributed by atoms with van der Waals surface area (Å²) in [5.74, 6) is -0.291. The number of esters is 1. The molecule has 0 amide bonds. The molecule has 1 saturated heterocycles. The molecule has 1 fully saturated rings. The number of carbonyl (C=O) groups is 1. The van der Waals surface area contributed by atoms with Gasteiger partial charge in [0.2, 0.25) is 0 Å². The van der Waals surface area contributed by atoms with Crippen LogP contribution in [0.2, 0.25) is 0 Å². The van der Waals surface area contributed by atoms with E-state index in [1.165, 1.54) is 12.0 Å². The number of benzene rings is 1. The first-order chi connectivity index (χ1) is 11.7. The predicted molar refractivity (Wildman–Crippen MR) is 95.2 cm³/mol. The molecular weight excluding hydrogens is 322 g/mol.